The molecule has 116 valence electrons. The van der Waals surface area contributed by atoms with E-state index in [0.717, 1.165) is 41.8 Å². The van der Waals surface area contributed by atoms with E-state index in [1.165, 1.54) is 11.1 Å². The molecule has 1 atom stereocenters. The highest BCUT2D eigenvalue weighted by atomic mass is 35.5. The first-order valence-electron chi connectivity index (χ1n) is 7.62. The SMILES string of the molecule is Cc1ccccc1C(c1cc(Cl)ccc1Cl)N1CCNCC1. The van der Waals surface area contributed by atoms with Crippen molar-refractivity contribution in [3.8, 4) is 0 Å². The van der Waals surface area contributed by atoms with Gasteiger partial charge in [-0.15, -0.1) is 0 Å². The van der Waals surface area contributed by atoms with Gasteiger partial charge >= 0.3 is 0 Å². The van der Waals surface area contributed by atoms with Crippen LogP contribution in [0.2, 0.25) is 10.0 Å². The van der Waals surface area contributed by atoms with E-state index in [4.69, 9.17) is 23.2 Å². The molecular weight excluding hydrogens is 315 g/mol. The minimum Gasteiger partial charge on any atom is -0.314 e. The number of nitrogens with zero attached hydrogens (tertiary/aromatic N) is 1. The Morgan fingerprint density at radius 3 is 2.45 bits per heavy atom. The van der Waals surface area contributed by atoms with Crippen LogP contribution in [-0.4, -0.2) is 31.1 Å². The molecule has 1 N–H and O–H groups in total. The Balaban J connectivity index is 2.10. The standard InChI is InChI=1S/C18H20Cl2N2/c1-13-4-2-3-5-15(13)18(22-10-8-21-9-11-22)16-12-14(19)6-7-17(16)20/h2-7,12,18,21H,8-11H2,1H3. The average Bonchev–Trinajstić information content (AvgIpc) is 2.54. The molecule has 4 heteroatoms. The molecule has 0 saturated carbocycles. The van der Waals surface area contributed by atoms with Crippen LogP contribution in [0.4, 0.5) is 0 Å². The Bertz CT molecular complexity index is 651. The van der Waals surface area contributed by atoms with Gasteiger partial charge in [-0.05, 0) is 41.8 Å². The third kappa shape index (κ3) is 3.31. The molecule has 2 aromatic rings. The van der Waals surface area contributed by atoms with Crippen molar-refractivity contribution in [2.75, 3.05) is 26.2 Å². The summed E-state index contributed by atoms with van der Waals surface area (Å²) in [5, 5.41) is 4.92. The van der Waals surface area contributed by atoms with Crippen molar-refractivity contribution in [2.24, 2.45) is 0 Å². The summed E-state index contributed by atoms with van der Waals surface area (Å²) in [6, 6.07) is 14.4. The third-order valence-electron chi connectivity index (χ3n) is 4.25. The van der Waals surface area contributed by atoms with Crippen LogP contribution in [0, 0.1) is 6.92 Å². The van der Waals surface area contributed by atoms with Crippen LogP contribution in [0.15, 0.2) is 42.5 Å². The maximum atomic E-state index is 6.51. The van der Waals surface area contributed by atoms with Crippen LogP contribution in [0.3, 0.4) is 0 Å². The predicted molar refractivity (Wildman–Crippen MR) is 93.9 cm³/mol. The molecule has 2 aromatic carbocycles. The van der Waals surface area contributed by atoms with Gasteiger partial charge in [0, 0.05) is 36.2 Å². The number of piperazine rings is 1. The van der Waals surface area contributed by atoms with Crippen LogP contribution in [0.5, 0.6) is 0 Å². The molecule has 1 unspecified atom stereocenters. The van der Waals surface area contributed by atoms with Crippen LogP contribution in [0.25, 0.3) is 0 Å². The van der Waals surface area contributed by atoms with E-state index >= 15 is 0 Å². The number of nitrogens with one attached hydrogen (secondary N) is 1. The Morgan fingerprint density at radius 1 is 1.00 bits per heavy atom. The van der Waals surface area contributed by atoms with Crippen LogP contribution >= 0.6 is 23.2 Å². The second kappa shape index (κ2) is 7.01. The van der Waals surface area contributed by atoms with Crippen molar-refractivity contribution < 1.29 is 0 Å². The monoisotopic (exact) mass is 334 g/mol. The molecule has 22 heavy (non-hydrogen) atoms. The minimum atomic E-state index is 0.148. The molecule has 0 spiro atoms. The van der Waals surface area contributed by atoms with Crippen LogP contribution < -0.4 is 5.32 Å². The first-order valence-corrected chi connectivity index (χ1v) is 8.37. The van der Waals surface area contributed by atoms with Crippen molar-refractivity contribution in [1.29, 1.82) is 0 Å². The molecule has 1 aliphatic rings. The lowest BCUT2D eigenvalue weighted by Gasteiger charge is -2.36. The van der Waals surface area contributed by atoms with Gasteiger partial charge in [-0.1, -0.05) is 47.5 Å². The smallest absolute Gasteiger partial charge is 0.0620 e. The van der Waals surface area contributed by atoms with Gasteiger partial charge in [0.15, 0.2) is 0 Å². The highest BCUT2D eigenvalue weighted by Crippen LogP contribution is 2.36. The number of aryl methyl sites for hydroxylation is 1. The topological polar surface area (TPSA) is 15.3 Å². The molecule has 1 aliphatic heterocycles. The molecule has 1 fully saturated rings. The van der Waals surface area contributed by atoms with E-state index in [0.29, 0.717) is 0 Å². The average molecular weight is 335 g/mol. The minimum absolute atomic E-state index is 0.148. The maximum absolute atomic E-state index is 6.51. The lowest BCUT2D eigenvalue weighted by molar-refractivity contribution is 0.198. The Morgan fingerprint density at radius 2 is 1.73 bits per heavy atom. The maximum Gasteiger partial charge on any atom is 0.0620 e. The highest BCUT2D eigenvalue weighted by molar-refractivity contribution is 6.33. The highest BCUT2D eigenvalue weighted by Gasteiger charge is 2.26. The number of hydrogen-bond acceptors (Lipinski definition) is 2. The molecule has 0 amide bonds. The van der Waals surface area contributed by atoms with Gasteiger partial charge in [0.1, 0.15) is 0 Å². The molecule has 0 aromatic heterocycles. The molecule has 0 radical (unpaired) electrons. The van der Waals surface area contributed by atoms with E-state index < -0.39 is 0 Å². The Labute approximate surface area is 142 Å². The van der Waals surface area contributed by atoms with Crippen molar-refractivity contribution in [3.05, 3.63) is 69.2 Å². The summed E-state index contributed by atoms with van der Waals surface area (Å²) < 4.78 is 0. The van der Waals surface area contributed by atoms with E-state index in [1.54, 1.807) is 0 Å². The van der Waals surface area contributed by atoms with Crippen molar-refractivity contribution in [1.82, 2.24) is 10.2 Å². The number of rotatable bonds is 3. The normalized spacial score (nSPS) is 17.4. The van der Waals surface area contributed by atoms with E-state index in [9.17, 15) is 0 Å². The Kier molecular flexibility index (Phi) is 5.04. The molecule has 0 aliphatic carbocycles. The number of benzene rings is 2. The van der Waals surface area contributed by atoms with Crippen LogP contribution in [0.1, 0.15) is 22.7 Å². The molecule has 2 nitrogen and oxygen atoms in total. The molecule has 1 heterocycles. The quantitative estimate of drug-likeness (QED) is 0.900. The second-order valence-corrected chi connectivity index (χ2v) is 6.55. The van der Waals surface area contributed by atoms with Crippen molar-refractivity contribution >= 4 is 23.2 Å². The largest absolute Gasteiger partial charge is 0.314 e. The fourth-order valence-electron chi connectivity index (χ4n) is 3.12. The van der Waals surface area contributed by atoms with Gasteiger partial charge in [0.25, 0.3) is 0 Å². The second-order valence-electron chi connectivity index (χ2n) is 5.71. The zero-order valence-electron chi connectivity index (χ0n) is 12.7. The molecule has 3 rings (SSSR count). The van der Waals surface area contributed by atoms with Gasteiger partial charge in [-0.3, -0.25) is 4.90 Å². The zero-order chi connectivity index (χ0) is 15.5. The number of halogens is 2. The van der Waals surface area contributed by atoms with Gasteiger partial charge in [0.05, 0.1) is 6.04 Å². The summed E-state index contributed by atoms with van der Waals surface area (Å²) in [5.74, 6) is 0. The summed E-state index contributed by atoms with van der Waals surface area (Å²) >= 11 is 12.7. The van der Waals surface area contributed by atoms with Crippen LogP contribution in [-0.2, 0) is 0 Å². The zero-order valence-corrected chi connectivity index (χ0v) is 14.2. The summed E-state index contributed by atoms with van der Waals surface area (Å²) in [4.78, 5) is 2.48. The summed E-state index contributed by atoms with van der Waals surface area (Å²) in [5.41, 5.74) is 3.67. The van der Waals surface area contributed by atoms with Gasteiger partial charge in [0.2, 0.25) is 0 Å². The van der Waals surface area contributed by atoms with Crippen molar-refractivity contribution in [2.45, 2.75) is 13.0 Å². The van der Waals surface area contributed by atoms with E-state index in [1.807, 2.05) is 18.2 Å². The Hall–Kier alpha value is -1.06. The van der Waals surface area contributed by atoms with E-state index in [-0.39, 0.29) is 6.04 Å². The first-order chi connectivity index (χ1) is 10.7. The van der Waals surface area contributed by atoms with Gasteiger partial charge < -0.3 is 5.32 Å². The third-order valence-corrected chi connectivity index (χ3v) is 4.83. The molecular formula is C18H20Cl2N2. The lowest BCUT2D eigenvalue weighted by atomic mass is 9.93. The van der Waals surface area contributed by atoms with Gasteiger partial charge in [-0.2, -0.15) is 0 Å². The van der Waals surface area contributed by atoms with Crippen molar-refractivity contribution in [3.63, 3.8) is 0 Å². The molecule has 0 bridgehead atoms. The summed E-state index contributed by atoms with van der Waals surface area (Å²) in [7, 11) is 0. The fourth-order valence-corrected chi connectivity index (χ4v) is 3.52. The fraction of sp³-hybridized carbons (Fsp3) is 0.333. The summed E-state index contributed by atoms with van der Waals surface area (Å²) in [6.07, 6.45) is 0. The predicted octanol–water partition coefficient (Wildman–Crippen LogP) is 4.30. The summed E-state index contributed by atoms with van der Waals surface area (Å²) in [6.45, 7) is 6.16. The molecule has 1 saturated heterocycles. The van der Waals surface area contributed by atoms with E-state index in [2.05, 4.69) is 41.4 Å². The lowest BCUT2D eigenvalue weighted by Crippen LogP contribution is -2.45. The first kappa shape index (κ1) is 15.8. The van der Waals surface area contributed by atoms with Gasteiger partial charge in [-0.25, -0.2) is 0 Å². The number of hydrogen-bond donors (Lipinski definition) is 1.